The third-order valence-electron chi connectivity index (χ3n) is 3.36. The molecule has 3 rings (SSSR count). The second-order valence-electron chi connectivity index (χ2n) is 4.98. The van der Waals surface area contributed by atoms with Crippen molar-refractivity contribution in [3.05, 3.63) is 58.1 Å². The lowest BCUT2D eigenvalue weighted by Gasteiger charge is -2.08. The fraction of sp³-hybridized carbons (Fsp3) is 0.250. The lowest BCUT2D eigenvalue weighted by Crippen LogP contribution is -2.15. The van der Waals surface area contributed by atoms with Gasteiger partial charge in [-0.1, -0.05) is 47.5 Å². The lowest BCUT2D eigenvalue weighted by atomic mass is 10.0. The monoisotopic (exact) mass is 291 g/mol. The SMILES string of the molecule is Clc1ccc(-c2ccc(CNC3CC3)cc2Cl)cc1. The van der Waals surface area contributed by atoms with Gasteiger partial charge in [-0.05, 0) is 42.2 Å². The smallest absolute Gasteiger partial charge is 0.0487 e. The average Bonchev–Trinajstić information content (AvgIpc) is 3.22. The molecule has 0 heterocycles. The molecule has 0 radical (unpaired) electrons. The van der Waals surface area contributed by atoms with E-state index in [0.29, 0.717) is 0 Å². The van der Waals surface area contributed by atoms with E-state index >= 15 is 0 Å². The maximum absolute atomic E-state index is 6.37. The van der Waals surface area contributed by atoms with Crippen LogP contribution in [0.5, 0.6) is 0 Å². The predicted octanol–water partition coefficient (Wildman–Crippen LogP) is 4.91. The van der Waals surface area contributed by atoms with E-state index in [2.05, 4.69) is 17.4 Å². The van der Waals surface area contributed by atoms with E-state index in [-0.39, 0.29) is 0 Å². The summed E-state index contributed by atoms with van der Waals surface area (Å²) in [6.45, 7) is 0.894. The molecular weight excluding hydrogens is 277 g/mol. The van der Waals surface area contributed by atoms with E-state index in [1.165, 1.54) is 18.4 Å². The van der Waals surface area contributed by atoms with Crippen molar-refractivity contribution in [2.24, 2.45) is 0 Å². The normalized spacial score (nSPS) is 14.6. The van der Waals surface area contributed by atoms with Crippen LogP contribution in [0, 0.1) is 0 Å². The Morgan fingerprint density at radius 1 is 1.00 bits per heavy atom. The molecule has 2 aromatic rings. The van der Waals surface area contributed by atoms with Gasteiger partial charge in [0, 0.05) is 28.2 Å². The van der Waals surface area contributed by atoms with E-state index < -0.39 is 0 Å². The summed E-state index contributed by atoms with van der Waals surface area (Å²) < 4.78 is 0. The van der Waals surface area contributed by atoms with E-state index in [1.807, 2.05) is 30.3 Å². The summed E-state index contributed by atoms with van der Waals surface area (Å²) in [4.78, 5) is 0. The second-order valence-corrected chi connectivity index (χ2v) is 5.82. The summed E-state index contributed by atoms with van der Waals surface area (Å²) in [6.07, 6.45) is 2.60. The zero-order chi connectivity index (χ0) is 13.2. The minimum absolute atomic E-state index is 0.717. The fourth-order valence-electron chi connectivity index (χ4n) is 2.08. The largest absolute Gasteiger partial charge is 0.310 e. The Bertz CT molecular complexity index is 574. The van der Waals surface area contributed by atoms with Crippen LogP contribution in [-0.4, -0.2) is 6.04 Å². The van der Waals surface area contributed by atoms with Crippen molar-refractivity contribution in [2.75, 3.05) is 0 Å². The summed E-state index contributed by atoms with van der Waals surface area (Å²) in [7, 11) is 0. The van der Waals surface area contributed by atoms with Crippen LogP contribution in [0.2, 0.25) is 10.0 Å². The van der Waals surface area contributed by atoms with E-state index in [4.69, 9.17) is 23.2 Å². The molecule has 1 nitrogen and oxygen atoms in total. The van der Waals surface area contributed by atoms with Crippen molar-refractivity contribution >= 4 is 23.2 Å². The molecule has 98 valence electrons. The van der Waals surface area contributed by atoms with Gasteiger partial charge in [-0.25, -0.2) is 0 Å². The summed E-state index contributed by atoms with van der Waals surface area (Å²) in [6, 6.07) is 14.7. The van der Waals surface area contributed by atoms with Gasteiger partial charge in [0.15, 0.2) is 0 Å². The van der Waals surface area contributed by atoms with Crippen molar-refractivity contribution in [2.45, 2.75) is 25.4 Å². The average molecular weight is 292 g/mol. The fourth-order valence-corrected chi connectivity index (χ4v) is 2.52. The van der Waals surface area contributed by atoms with Gasteiger partial charge in [-0.2, -0.15) is 0 Å². The summed E-state index contributed by atoms with van der Waals surface area (Å²) in [5.41, 5.74) is 3.37. The molecule has 0 aromatic heterocycles. The molecule has 1 saturated carbocycles. The summed E-state index contributed by atoms with van der Waals surface area (Å²) in [5.74, 6) is 0. The highest BCUT2D eigenvalue weighted by Crippen LogP contribution is 2.30. The van der Waals surface area contributed by atoms with Crippen molar-refractivity contribution in [3.8, 4) is 11.1 Å². The quantitative estimate of drug-likeness (QED) is 0.844. The molecule has 0 spiro atoms. The van der Waals surface area contributed by atoms with Crippen LogP contribution in [0.1, 0.15) is 18.4 Å². The third kappa shape index (κ3) is 3.30. The minimum Gasteiger partial charge on any atom is -0.310 e. The highest BCUT2D eigenvalue weighted by atomic mass is 35.5. The highest BCUT2D eigenvalue weighted by molar-refractivity contribution is 6.33. The van der Waals surface area contributed by atoms with Crippen LogP contribution in [0.25, 0.3) is 11.1 Å². The first-order valence-electron chi connectivity index (χ1n) is 6.50. The van der Waals surface area contributed by atoms with Crippen LogP contribution in [0.15, 0.2) is 42.5 Å². The number of benzene rings is 2. The molecule has 19 heavy (non-hydrogen) atoms. The highest BCUT2D eigenvalue weighted by Gasteiger charge is 2.20. The molecule has 0 aliphatic heterocycles. The maximum atomic E-state index is 6.37. The first-order chi connectivity index (χ1) is 9.22. The maximum Gasteiger partial charge on any atom is 0.0487 e. The van der Waals surface area contributed by atoms with Crippen molar-refractivity contribution < 1.29 is 0 Å². The van der Waals surface area contributed by atoms with Gasteiger partial charge in [0.2, 0.25) is 0 Å². The summed E-state index contributed by atoms with van der Waals surface area (Å²) >= 11 is 12.3. The Balaban J connectivity index is 1.80. The summed E-state index contributed by atoms with van der Waals surface area (Å²) in [5, 5.41) is 5.02. The first kappa shape index (κ1) is 13.0. The minimum atomic E-state index is 0.717. The van der Waals surface area contributed by atoms with E-state index in [0.717, 1.165) is 33.8 Å². The predicted molar refractivity (Wildman–Crippen MR) is 81.8 cm³/mol. The van der Waals surface area contributed by atoms with Gasteiger partial charge >= 0.3 is 0 Å². The standard InChI is InChI=1S/C16H15Cl2N/c17-13-4-2-12(3-5-13)15-8-1-11(9-16(15)18)10-19-14-6-7-14/h1-5,8-9,14,19H,6-7,10H2. The Labute approximate surface area is 123 Å². The Kier molecular flexibility index (Phi) is 3.79. The molecule has 0 amide bonds. The van der Waals surface area contributed by atoms with Crippen LogP contribution < -0.4 is 5.32 Å². The lowest BCUT2D eigenvalue weighted by molar-refractivity contribution is 0.688. The molecule has 1 aliphatic carbocycles. The molecule has 0 unspecified atom stereocenters. The van der Waals surface area contributed by atoms with Crippen molar-refractivity contribution in [1.82, 2.24) is 5.32 Å². The Morgan fingerprint density at radius 3 is 2.37 bits per heavy atom. The molecule has 1 aliphatic rings. The van der Waals surface area contributed by atoms with Crippen LogP contribution in [0.4, 0.5) is 0 Å². The molecule has 0 atom stereocenters. The third-order valence-corrected chi connectivity index (χ3v) is 3.93. The number of hydrogen-bond donors (Lipinski definition) is 1. The molecule has 0 saturated heterocycles. The van der Waals surface area contributed by atoms with Gasteiger partial charge in [0.1, 0.15) is 0 Å². The van der Waals surface area contributed by atoms with Gasteiger partial charge in [-0.15, -0.1) is 0 Å². The Hall–Kier alpha value is -1.02. The van der Waals surface area contributed by atoms with Crippen molar-refractivity contribution in [1.29, 1.82) is 0 Å². The zero-order valence-electron chi connectivity index (χ0n) is 10.5. The molecule has 2 aromatic carbocycles. The van der Waals surface area contributed by atoms with Gasteiger partial charge in [-0.3, -0.25) is 0 Å². The van der Waals surface area contributed by atoms with Crippen LogP contribution in [-0.2, 0) is 6.54 Å². The van der Waals surface area contributed by atoms with Crippen LogP contribution in [0.3, 0.4) is 0 Å². The van der Waals surface area contributed by atoms with Gasteiger partial charge in [0.05, 0.1) is 0 Å². The van der Waals surface area contributed by atoms with E-state index in [1.54, 1.807) is 0 Å². The molecular formula is C16H15Cl2N. The van der Waals surface area contributed by atoms with E-state index in [9.17, 15) is 0 Å². The number of halogens is 2. The van der Waals surface area contributed by atoms with Crippen molar-refractivity contribution in [3.63, 3.8) is 0 Å². The molecule has 3 heteroatoms. The van der Waals surface area contributed by atoms with Crippen LogP contribution >= 0.6 is 23.2 Å². The van der Waals surface area contributed by atoms with Gasteiger partial charge < -0.3 is 5.32 Å². The number of nitrogens with one attached hydrogen (secondary N) is 1. The van der Waals surface area contributed by atoms with Gasteiger partial charge in [0.25, 0.3) is 0 Å². The second kappa shape index (κ2) is 5.54. The molecule has 1 fully saturated rings. The number of rotatable bonds is 4. The molecule has 1 N–H and O–H groups in total. The molecule has 0 bridgehead atoms. The topological polar surface area (TPSA) is 12.0 Å². The zero-order valence-corrected chi connectivity index (χ0v) is 12.0. The first-order valence-corrected chi connectivity index (χ1v) is 7.26. The number of hydrogen-bond acceptors (Lipinski definition) is 1. The Morgan fingerprint density at radius 2 is 1.74 bits per heavy atom.